The lowest BCUT2D eigenvalue weighted by Crippen LogP contribution is -2.39. The molecule has 1 fully saturated rings. The summed E-state index contributed by atoms with van der Waals surface area (Å²) in [6, 6.07) is 1.24. The Morgan fingerprint density at radius 3 is 2.26 bits per heavy atom. The van der Waals surface area contributed by atoms with Crippen LogP contribution in [0.2, 0.25) is 0 Å². The molecule has 1 aromatic heterocycles. The molecular weight excluding hydrogens is 579 g/mol. The molecule has 18 nitrogen and oxygen atoms in total. The van der Waals surface area contributed by atoms with E-state index in [1.165, 1.54) is 26.8 Å². The summed E-state index contributed by atoms with van der Waals surface area (Å²) in [4.78, 5) is 62.6. The van der Waals surface area contributed by atoms with Crippen LogP contribution in [0.25, 0.3) is 0 Å². The average molecular weight is 606 g/mol. The van der Waals surface area contributed by atoms with Gasteiger partial charge in [-0.25, -0.2) is 13.4 Å². The molecular formula is C17H27N3O15P3-3. The van der Waals surface area contributed by atoms with E-state index in [9.17, 15) is 43.1 Å². The monoisotopic (exact) mass is 606 g/mol. The fraction of sp³-hybridized carbons (Fsp3) is 0.706. The lowest BCUT2D eigenvalue weighted by atomic mass is 10.1. The number of aliphatic hydroxyl groups is 1. The second-order valence-corrected chi connectivity index (χ2v) is 12.8. The summed E-state index contributed by atoms with van der Waals surface area (Å²) in [5.74, 6) is -0.562. The van der Waals surface area contributed by atoms with Gasteiger partial charge in [-0.2, -0.15) is 4.98 Å². The molecule has 7 atom stereocenters. The van der Waals surface area contributed by atoms with E-state index in [0.717, 1.165) is 10.8 Å². The molecule has 0 spiro atoms. The Kier molecular flexibility index (Phi) is 11.1. The number of anilines is 1. The van der Waals surface area contributed by atoms with Crippen LogP contribution in [0.1, 0.15) is 40.8 Å². The molecule has 2 heterocycles. The van der Waals surface area contributed by atoms with Crippen molar-refractivity contribution in [2.45, 2.75) is 71.4 Å². The van der Waals surface area contributed by atoms with Gasteiger partial charge in [0.2, 0.25) is 5.91 Å². The van der Waals surface area contributed by atoms with Gasteiger partial charge in [0.15, 0.2) is 6.23 Å². The highest BCUT2D eigenvalue weighted by Gasteiger charge is 2.47. The van der Waals surface area contributed by atoms with Gasteiger partial charge in [0, 0.05) is 13.1 Å². The highest BCUT2D eigenvalue weighted by atomic mass is 31.3. The number of phosphoric acid groups is 3. The van der Waals surface area contributed by atoms with E-state index in [-0.39, 0.29) is 5.82 Å². The minimum atomic E-state index is -6.04. The Bertz CT molecular complexity index is 1190. The number of carbonyl (C=O) groups excluding carboxylic acids is 1. The molecule has 2 rings (SSSR count). The smallest absolute Gasteiger partial charge is 0.351 e. The van der Waals surface area contributed by atoms with Crippen LogP contribution in [0.3, 0.4) is 0 Å². The van der Waals surface area contributed by atoms with E-state index in [4.69, 9.17) is 9.47 Å². The number of carbonyl (C=O) groups is 1. The van der Waals surface area contributed by atoms with E-state index < -0.39 is 78.4 Å². The molecule has 0 bridgehead atoms. The van der Waals surface area contributed by atoms with Crippen LogP contribution in [0, 0.1) is 0 Å². The number of nitrogens with one attached hydrogen (secondary N) is 1. The SMILES string of the molecule is CC(=O)Nc1ccn([C@@H]2O[C@H](COP(=O)([O-])OP(=O)([O-])OP(=O)([O-])OC(C)C)C(OC(C)C)[C@@H]2O)c(=O)n1. The summed E-state index contributed by atoms with van der Waals surface area (Å²) < 4.78 is 63.6. The molecule has 0 aromatic carbocycles. The van der Waals surface area contributed by atoms with E-state index in [0.29, 0.717) is 0 Å². The van der Waals surface area contributed by atoms with Gasteiger partial charge >= 0.3 is 5.69 Å². The molecule has 2 N–H and O–H groups in total. The van der Waals surface area contributed by atoms with Gasteiger partial charge in [-0.3, -0.25) is 23.1 Å². The van der Waals surface area contributed by atoms with E-state index >= 15 is 0 Å². The number of amides is 1. The molecule has 1 aliphatic rings. The number of phosphoric ester groups is 2. The predicted molar refractivity (Wildman–Crippen MR) is 120 cm³/mol. The van der Waals surface area contributed by atoms with Crippen molar-refractivity contribution in [2.24, 2.45) is 0 Å². The first-order valence-corrected chi connectivity index (χ1v) is 15.2. The summed E-state index contributed by atoms with van der Waals surface area (Å²) in [5.41, 5.74) is -0.946. The molecule has 21 heteroatoms. The van der Waals surface area contributed by atoms with Crippen LogP contribution in [0.4, 0.5) is 5.82 Å². The number of nitrogens with zero attached hydrogens (tertiary/aromatic N) is 2. The van der Waals surface area contributed by atoms with Crippen molar-refractivity contribution in [3.05, 3.63) is 22.7 Å². The molecule has 4 unspecified atom stereocenters. The fourth-order valence-corrected chi connectivity index (χ4v) is 6.68. The summed E-state index contributed by atoms with van der Waals surface area (Å²) >= 11 is 0. The second-order valence-electron chi connectivity index (χ2n) is 8.34. The van der Waals surface area contributed by atoms with Crippen molar-refractivity contribution in [3.8, 4) is 0 Å². The van der Waals surface area contributed by atoms with Gasteiger partial charge in [0.1, 0.15) is 24.1 Å². The summed E-state index contributed by atoms with van der Waals surface area (Å²) in [6.07, 6.45) is -6.14. The van der Waals surface area contributed by atoms with E-state index in [2.05, 4.69) is 28.0 Å². The van der Waals surface area contributed by atoms with Crippen LogP contribution in [-0.4, -0.2) is 57.7 Å². The van der Waals surface area contributed by atoms with Gasteiger partial charge in [-0.15, -0.1) is 0 Å². The zero-order chi connectivity index (χ0) is 29.1. The highest BCUT2D eigenvalue weighted by Crippen LogP contribution is 2.63. The standard InChI is InChI=1S/C17H30N3O15P3/c1-9(2)31-15-12(8-30-36(24,25)34-38(28,29)35-37(26,27)33-10(3)4)32-16(14(15)22)20-7-6-13(18-11(5)21)19-17(20)23/h6-7,9-10,12,14-16,22H,8H2,1-5H3,(H,24,25)(H,26,27)(H,28,29)(H,18,19,21,23)/p-3/t12-,14+,15?,16-/m1/s1. The lowest BCUT2D eigenvalue weighted by molar-refractivity contribution is -0.252. The van der Waals surface area contributed by atoms with Gasteiger partial charge in [0.05, 0.1) is 18.8 Å². The zero-order valence-corrected chi connectivity index (χ0v) is 23.4. The Morgan fingerprint density at radius 1 is 1.13 bits per heavy atom. The second kappa shape index (κ2) is 12.9. The number of hydrogen-bond acceptors (Lipinski definition) is 16. The molecule has 0 aliphatic carbocycles. The number of hydrogen-bond donors (Lipinski definition) is 2. The minimum Gasteiger partial charge on any atom is -0.756 e. The zero-order valence-electron chi connectivity index (χ0n) is 20.7. The maximum absolute atomic E-state index is 12.4. The predicted octanol–water partition coefficient (Wildman–Crippen LogP) is -0.866. The van der Waals surface area contributed by atoms with Crippen molar-refractivity contribution < 1.29 is 65.4 Å². The first kappa shape index (κ1) is 32.8. The molecule has 0 radical (unpaired) electrons. The third kappa shape index (κ3) is 9.99. The van der Waals surface area contributed by atoms with Crippen molar-refractivity contribution in [1.82, 2.24) is 9.55 Å². The van der Waals surface area contributed by atoms with Crippen molar-refractivity contribution in [3.63, 3.8) is 0 Å². The number of aliphatic hydroxyl groups excluding tert-OH is 1. The number of rotatable bonds is 13. The summed E-state index contributed by atoms with van der Waals surface area (Å²) in [7, 11) is -17.3. The fourth-order valence-electron chi connectivity index (χ4n) is 3.15. The van der Waals surface area contributed by atoms with Crippen molar-refractivity contribution in [1.29, 1.82) is 0 Å². The third-order valence-electron chi connectivity index (χ3n) is 4.28. The Hall–Kier alpha value is -1.36. The Labute approximate surface area is 216 Å². The molecule has 1 amide bonds. The molecule has 218 valence electrons. The summed E-state index contributed by atoms with van der Waals surface area (Å²) in [6.45, 7) is 5.86. The molecule has 1 aliphatic heterocycles. The molecule has 1 aromatic rings. The van der Waals surface area contributed by atoms with Crippen molar-refractivity contribution in [2.75, 3.05) is 11.9 Å². The Morgan fingerprint density at radius 2 is 1.74 bits per heavy atom. The maximum atomic E-state index is 12.4. The van der Waals surface area contributed by atoms with Gasteiger partial charge < -0.3 is 43.6 Å². The average Bonchev–Trinajstić information content (AvgIpc) is 2.98. The van der Waals surface area contributed by atoms with Crippen LogP contribution in [0.5, 0.6) is 0 Å². The highest BCUT2D eigenvalue weighted by molar-refractivity contribution is 7.65. The lowest BCUT2D eigenvalue weighted by Gasteiger charge is -2.35. The van der Waals surface area contributed by atoms with Crippen molar-refractivity contribution >= 4 is 35.2 Å². The molecule has 1 saturated heterocycles. The largest absolute Gasteiger partial charge is 0.756 e. The molecule has 38 heavy (non-hydrogen) atoms. The summed E-state index contributed by atoms with van der Waals surface area (Å²) in [5, 5.41) is 13.0. The van der Waals surface area contributed by atoms with Crippen LogP contribution < -0.4 is 25.7 Å². The topological polar surface area (TPSA) is 260 Å². The quantitative estimate of drug-likeness (QED) is 0.259. The van der Waals surface area contributed by atoms with E-state index in [1.807, 2.05) is 0 Å². The van der Waals surface area contributed by atoms with E-state index in [1.54, 1.807) is 13.8 Å². The first-order valence-electron chi connectivity index (χ1n) is 10.9. The Balaban J connectivity index is 2.17. The first-order chi connectivity index (χ1) is 17.3. The normalized spacial score (nSPS) is 26.6. The van der Waals surface area contributed by atoms with Crippen LogP contribution >= 0.6 is 23.5 Å². The minimum absolute atomic E-state index is 0.0729. The van der Waals surface area contributed by atoms with Gasteiger partial charge in [-0.05, 0) is 33.8 Å². The molecule has 0 saturated carbocycles. The van der Waals surface area contributed by atoms with Gasteiger partial charge in [-0.1, -0.05) is 0 Å². The van der Waals surface area contributed by atoms with Crippen LogP contribution in [0.15, 0.2) is 17.1 Å². The van der Waals surface area contributed by atoms with Gasteiger partial charge in [0.25, 0.3) is 23.5 Å². The third-order valence-corrected chi connectivity index (χ3v) is 8.63. The van der Waals surface area contributed by atoms with Crippen LogP contribution in [-0.2, 0) is 45.6 Å². The number of ether oxygens (including phenoxy) is 2. The maximum Gasteiger partial charge on any atom is 0.351 e. The number of aromatic nitrogens is 2.